The minimum atomic E-state index is -0.555. The van der Waals surface area contributed by atoms with Crippen LogP contribution < -0.4 is 11.1 Å². The van der Waals surface area contributed by atoms with E-state index in [-0.39, 0.29) is 16.9 Å². The van der Waals surface area contributed by atoms with Crippen molar-refractivity contribution in [1.29, 1.82) is 10.5 Å². The molecule has 2 aromatic rings. The Labute approximate surface area is 109 Å². The van der Waals surface area contributed by atoms with Crippen LogP contribution in [0.25, 0.3) is 0 Å². The van der Waals surface area contributed by atoms with Crippen LogP contribution in [-0.4, -0.2) is 0 Å². The third kappa shape index (κ3) is 2.46. The van der Waals surface area contributed by atoms with Crippen molar-refractivity contribution in [2.75, 3.05) is 11.1 Å². The first-order valence-corrected chi connectivity index (χ1v) is 5.41. The highest BCUT2D eigenvalue weighted by Crippen LogP contribution is 2.27. The summed E-state index contributed by atoms with van der Waals surface area (Å²) < 4.78 is 13.7. The highest BCUT2D eigenvalue weighted by molar-refractivity contribution is 5.77. The van der Waals surface area contributed by atoms with Crippen molar-refractivity contribution in [2.24, 2.45) is 0 Å². The molecule has 0 heterocycles. The van der Waals surface area contributed by atoms with E-state index in [9.17, 15) is 4.39 Å². The van der Waals surface area contributed by atoms with Gasteiger partial charge in [0, 0.05) is 0 Å². The summed E-state index contributed by atoms with van der Waals surface area (Å²) in [6.07, 6.45) is 0. The second-order valence-corrected chi connectivity index (χ2v) is 3.81. The van der Waals surface area contributed by atoms with E-state index >= 15 is 0 Å². The van der Waals surface area contributed by atoms with E-state index in [1.165, 1.54) is 12.1 Å². The number of halogens is 1. The van der Waals surface area contributed by atoms with Gasteiger partial charge in [0.05, 0.1) is 34.3 Å². The zero-order valence-electron chi connectivity index (χ0n) is 9.81. The smallest absolute Gasteiger partial charge is 0.147 e. The SMILES string of the molecule is N#Cc1ccc(Nc2cccc(C#N)c2N)c(F)c1. The monoisotopic (exact) mass is 252 g/mol. The van der Waals surface area contributed by atoms with Crippen molar-refractivity contribution < 1.29 is 4.39 Å². The molecule has 5 heteroatoms. The molecule has 0 amide bonds. The molecule has 0 aliphatic carbocycles. The molecule has 2 rings (SSSR count). The first-order valence-electron chi connectivity index (χ1n) is 5.41. The molecule has 0 saturated heterocycles. The lowest BCUT2D eigenvalue weighted by Gasteiger charge is -2.11. The van der Waals surface area contributed by atoms with Crippen LogP contribution in [0.4, 0.5) is 21.5 Å². The Balaban J connectivity index is 2.38. The van der Waals surface area contributed by atoms with Crippen molar-refractivity contribution in [3.8, 4) is 12.1 Å². The maximum Gasteiger partial charge on any atom is 0.147 e. The van der Waals surface area contributed by atoms with Crippen molar-refractivity contribution in [2.45, 2.75) is 0 Å². The number of nitrogens with zero attached hydrogens (tertiary/aromatic N) is 2. The summed E-state index contributed by atoms with van der Waals surface area (Å²) >= 11 is 0. The van der Waals surface area contributed by atoms with Gasteiger partial charge in [0.25, 0.3) is 0 Å². The topological polar surface area (TPSA) is 85.6 Å². The highest BCUT2D eigenvalue weighted by Gasteiger charge is 2.08. The Hall–Kier alpha value is -3.05. The summed E-state index contributed by atoms with van der Waals surface area (Å²) in [5.41, 5.74) is 7.24. The maximum absolute atomic E-state index is 13.7. The summed E-state index contributed by atoms with van der Waals surface area (Å²) in [5, 5.41) is 20.3. The minimum Gasteiger partial charge on any atom is -0.396 e. The molecule has 0 unspecified atom stereocenters. The van der Waals surface area contributed by atoms with Crippen molar-refractivity contribution in [1.82, 2.24) is 0 Å². The first-order chi connectivity index (χ1) is 9.15. The van der Waals surface area contributed by atoms with Gasteiger partial charge < -0.3 is 11.1 Å². The van der Waals surface area contributed by atoms with E-state index in [1.807, 2.05) is 12.1 Å². The van der Waals surface area contributed by atoms with Gasteiger partial charge >= 0.3 is 0 Å². The van der Waals surface area contributed by atoms with Crippen molar-refractivity contribution in [3.63, 3.8) is 0 Å². The van der Waals surface area contributed by atoms with Gasteiger partial charge in [-0.05, 0) is 30.3 Å². The minimum absolute atomic E-state index is 0.195. The molecule has 0 aliphatic rings. The number of hydrogen-bond donors (Lipinski definition) is 2. The third-order valence-corrected chi connectivity index (χ3v) is 2.59. The summed E-state index contributed by atoms with van der Waals surface area (Å²) in [4.78, 5) is 0. The van der Waals surface area contributed by atoms with Gasteiger partial charge in [-0.3, -0.25) is 0 Å². The van der Waals surface area contributed by atoms with Crippen molar-refractivity contribution >= 4 is 17.1 Å². The van der Waals surface area contributed by atoms with Crippen LogP contribution in [0.3, 0.4) is 0 Å². The molecule has 0 fully saturated rings. The van der Waals surface area contributed by atoms with E-state index in [1.54, 1.807) is 18.2 Å². The summed E-state index contributed by atoms with van der Waals surface area (Å²) in [7, 11) is 0. The predicted octanol–water partition coefficient (Wildman–Crippen LogP) is 2.89. The molecule has 0 aromatic heterocycles. The zero-order chi connectivity index (χ0) is 13.8. The zero-order valence-corrected chi connectivity index (χ0v) is 9.81. The quantitative estimate of drug-likeness (QED) is 0.804. The van der Waals surface area contributed by atoms with Gasteiger partial charge in [-0.15, -0.1) is 0 Å². The van der Waals surface area contributed by atoms with Crippen LogP contribution in [0.1, 0.15) is 11.1 Å². The molecule has 0 radical (unpaired) electrons. The van der Waals surface area contributed by atoms with Crippen molar-refractivity contribution in [3.05, 3.63) is 53.3 Å². The molecule has 2 aromatic carbocycles. The number of hydrogen-bond acceptors (Lipinski definition) is 4. The van der Waals surface area contributed by atoms with E-state index in [0.717, 1.165) is 6.07 Å². The second kappa shape index (κ2) is 5.07. The molecule has 0 atom stereocenters. The Morgan fingerprint density at radius 3 is 2.47 bits per heavy atom. The van der Waals surface area contributed by atoms with Gasteiger partial charge in [-0.25, -0.2) is 4.39 Å². The normalized spacial score (nSPS) is 9.42. The van der Waals surface area contributed by atoms with E-state index in [0.29, 0.717) is 11.3 Å². The van der Waals surface area contributed by atoms with Gasteiger partial charge in [0.2, 0.25) is 0 Å². The van der Waals surface area contributed by atoms with Crippen LogP contribution in [0, 0.1) is 28.5 Å². The van der Waals surface area contributed by atoms with Crippen LogP contribution in [-0.2, 0) is 0 Å². The molecule has 0 bridgehead atoms. The van der Waals surface area contributed by atoms with Crippen LogP contribution in [0.5, 0.6) is 0 Å². The molecule has 92 valence electrons. The number of benzene rings is 2. The third-order valence-electron chi connectivity index (χ3n) is 2.59. The van der Waals surface area contributed by atoms with E-state index in [4.69, 9.17) is 16.3 Å². The lowest BCUT2D eigenvalue weighted by molar-refractivity contribution is 0.631. The maximum atomic E-state index is 13.7. The summed E-state index contributed by atoms with van der Waals surface area (Å²) in [6, 6.07) is 12.8. The van der Waals surface area contributed by atoms with Crippen LogP contribution in [0.15, 0.2) is 36.4 Å². The summed E-state index contributed by atoms with van der Waals surface area (Å²) in [6.45, 7) is 0. The number of rotatable bonds is 2. The van der Waals surface area contributed by atoms with Gasteiger partial charge in [-0.1, -0.05) is 6.07 Å². The predicted molar refractivity (Wildman–Crippen MR) is 70.0 cm³/mol. The Morgan fingerprint density at radius 2 is 1.84 bits per heavy atom. The Bertz CT molecular complexity index is 710. The van der Waals surface area contributed by atoms with E-state index < -0.39 is 5.82 Å². The summed E-state index contributed by atoms with van der Waals surface area (Å²) in [5.74, 6) is -0.555. The van der Waals surface area contributed by atoms with Gasteiger partial charge in [0.1, 0.15) is 11.9 Å². The fourth-order valence-corrected chi connectivity index (χ4v) is 1.60. The molecule has 3 N–H and O–H groups in total. The number of para-hydroxylation sites is 1. The van der Waals surface area contributed by atoms with Gasteiger partial charge in [0.15, 0.2) is 0 Å². The second-order valence-electron chi connectivity index (χ2n) is 3.81. The fraction of sp³-hybridized carbons (Fsp3) is 0. The van der Waals surface area contributed by atoms with Crippen LogP contribution >= 0.6 is 0 Å². The average molecular weight is 252 g/mol. The average Bonchev–Trinajstić information content (AvgIpc) is 2.43. The number of nitrogen functional groups attached to an aromatic ring is 1. The van der Waals surface area contributed by atoms with Gasteiger partial charge in [-0.2, -0.15) is 10.5 Å². The number of nitriles is 2. The molecular formula is C14H9FN4. The first kappa shape index (κ1) is 12.4. The lowest BCUT2D eigenvalue weighted by atomic mass is 10.1. The lowest BCUT2D eigenvalue weighted by Crippen LogP contribution is -2.00. The molecule has 0 spiro atoms. The largest absolute Gasteiger partial charge is 0.396 e. The Kier molecular flexibility index (Phi) is 3.31. The number of nitrogens with one attached hydrogen (secondary N) is 1. The van der Waals surface area contributed by atoms with Crippen LogP contribution in [0.2, 0.25) is 0 Å². The fourth-order valence-electron chi connectivity index (χ4n) is 1.60. The number of nitrogens with two attached hydrogens (primary N) is 1. The molecular weight excluding hydrogens is 243 g/mol. The molecule has 4 nitrogen and oxygen atoms in total. The molecule has 0 aliphatic heterocycles. The standard InChI is InChI=1S/C14H9FN4/c15-11-6-9(7-16)4-5-12(11)19-13-3-1-2-10(8-17)14(13)18/h1-6,19H,18H2. The number of anilines is 3. The molecule has 19 heavy (non-hydrogen) atoms. The van der Waals surface area contributed by atoms with E-state index in [2.05, 4.69) is 5.32 Å². The molecule has 0 saturated carbocycles. The highest BCUT2D eigenvalue weighted by atomic mass is 19.1. The Morgan fingerprint density at radius 1 is 1.05 bits per heavy atom.